The summed E-state index contributed by atoms with van der Waals surface area (Å²) in [4.78, 5) is 28.6. The van der Waals surface area contributed by atoms with Crippen molar-refractivity contribution in [3.05, 3.63) is 85.2 Å². The normalized spacial score (nSPS) is 10.6. The number of anilines is 1. The summed E-state index contributed by atoms with van der Waals surface area (Å²) in [5.74, 6) is -0.531. The fraction of sp³-hybridized carbons (Fsp3) is 0.0870. The van der Waals surface area contributed by atoms with E-state index in [0.717, 1.165) is 22.2 Å². The lowest BCUT2D eigenvalue weighted by atomic mass is 10.1. The highest BCUT2D eigenvalue weighted by molar-refractivity contribution is 5.95. The number of benzene rings is 2. The first-order valence-electron chi connectivity index (χ1n) is 9.31. The summed E-state index contributed by atoms with van der Waals surface area (Å²) in [5, 5.41) is 6.46. The monoisotopic (exact) mass is 384 g/mol. The van der Waals surface area contributed by atoms with E-state index in [-0.39, 0.29) is 24.9 Å². The van der Waals surface area contributed by atoms with Crippen molar-refractivity contribution in [3.8, 4) is 11.3 Å². The molecule has 0 saturated carbocycles. The van der Waals surface area contributed by atoms with E-state index in [0.29, 0.717) is 5.69 Å². The molecular formula is C23H20N4O2. The van der Waals surface area contributed by atoms with Crippen LogP contribution in [-0.4, -0.2) is 27.9 Å². The summed E-state index contributed by atoms with van der Waals surface area (Å²) in [6, 6.07) is 23.4. The van der Waals surface area contributed by atoms with Crippen molar-refractivity contribution in [1.82, 2.24) is 14.9 Å². The van der Waals surface area contributed by atoms with Crippen molar-refractivity contribution in [2.75, 3.05) is 11.9 Å². The van der Waals surface area contributed by atoms with E-state index in [1.807, 2.05) is 59.2 Å². The van der Waals surface area contributed by atoms with Gasteiger partial charge in [0, 0.05) is 22.8 Å². The molecule has 0 radical (unpaired) electrons. The second-order valence-electron chi connectivity index (χ2n) is 6.61. The second kappa shape index (κ2) is 8.39. The van der Waals surface area contributed by atoms with Crippen LogP contribution >= 0.6 is 0 Å². The molecule has 6 heteroatoms. The van der Waals surface area contributed by atoms with Gasteiger partial charge in [-0.3, -0.25) is 14.6 Å². The van der Waals surface area contributed by atoms with Crippen LogP contribution in [0.1, 0.15) is 0 Å². The van der Waals surface area contributed by atoms with Gasteiger partial charge in [-0.1, -0.05) is 48.5 Å². The third-order valence-corrected chi connectivity index (χ3v) is 4.57. The van der Waals surface area contributed by atoms with Gasteiger partial charge in [0.05, 0.1) is 18.4 Å². The Labute approximate surface area is 168 Å². The maximum absolute atomic E-state index is 12.6. The maximum atomic E-state index is 12.6. The van der Waals surface area contributed by atoms with Crippen molar-refractivity contribution >= 4 is 28.4 Å². The van der Waals surface area contributed by atoms with Crippen LogP contribution in [0.25, 0.3) is 22.2 Å². The Morgan fingerprint density at radius 2 is 1.69 bits per heavy atom. The van der Waals surface area contributed by atoms with E-state index in [1.165, 1.54) is 0 Å². The Morgan fingerprint density at radius 3 is 2.48 bits per heavy atom. The topological polar surface area (TPSA) is 76.0 Å². The Kier molecular flexibility index (Phi) is 5.33. The lowest BCUT2D eigenvalue weighted by Crippen LogP contribution is -2.35. The van der Waals surface area contributed by atoms with Crippen molar-refractivity contribution in [3.63, 3.8) is 0 Å². The highest BCUT2D eigenvalue weighted by Gasteiger charge is 2.14. The minimum atomic E-state index is -0.299. The van der Waals surface area contributed by atoms with Gasteiger partial charge in [0.1, 0.15) is 6.54 Å². The van der Waals surface area contributed by atoms with E-state index in [2.05, 4.69) is 21.7 Å². The van der Waals surface area contributed by atoms with Gasteiger partial charge >= 0.3 is 0 Å². The van der Waals surface area contributed by atoms with Gasteiger partial charge in [-0.05, 0) is 29.8 Å². The molecule has 2 N–H and O–H groups in total. The van der Waals surface area contributed by atoms with Gasteiger partial charge in [0.15, 0.2) is 0 Å². The van der Waals surface area contributed by atoms with Crippen LogP contribution in [-0.2, 0) is 16.1 Å². The Bertz CT molecular complexity index is 1140. The maximum Gasteiger partial charge on any atom is 0.243 e. The number of nitrogens with zero attached hydrogens (tertiary/aromatic N) is 2. The zero-order chi connectivity index (χ0) is 20.1. The number of nitrogens with one attached hydrogen (secondary N) is 2. The molecule has 0 aliphatic carbocycles. The van der Waals surface area contributed by atoms with E-state index in [1.54, 1.807) is 24.5 Å². The summed E-state index contributed by atoms with van der Waals surface area (Å²) in [6.45, 7) is 0.0194. The molecule has 4 aromatic rings. The summed E-state index contributed by atoms with van der Waals surface area (Å²) in [6.07, 6.45) is 3.18. The van der Waals surface area contributed by atoms with Crippen LogP contribution in [0.3, 0.4) is 0 Å². The smallest absolute Gasteiger partial charge is 0.243 e. The number of para-hydroxylation sites is 1. The highest BCUT2D eigenvalue weighted by Crippen LogP contribution is 2.28. The third kappa shape index (κ3) is 4.32. The molecule has 29 heavy (non-hydrogen) atoms. The van der Waals surface area contributed by atoms with Crippen LogP contribution in [0.4, 0.5) is 5.69 Å². The zero-order valence-electron chi connectivity index (χ0n) is 15.7. The predicted octanol–water partition coefficient (Wildman–Crippen LogP) is 3.46. The van der Waals surface area contributed by atoms with Crippen LogP contribution in [0, 0.1) is 0 Å². The minimum absolute atomic E-state index is 0.104. The molecule has 0 atom stereocenters. The Hall–Kier alpha value is -3.93. The molecule has 4 rings (SSSR count). The number of fused-ring (bicyclic) bond motifs is 1. The number of aromatic nitrogens is 2. The zero-order valence-corrected chi connectivity index (χ0v) is 15.7. The van der Waals surface area contributed by atoms with Crippen molar-refractivity contribution in [2.45, 2.75) is 6.54 Å². The van der Waals surface area contributed by atoms with E-state index in [4.69, 9.17) is 0 Å². The first kappa shape index (κ1) is 18.4. The second-order valence-corrected chi connectivity index (χ2v) is 6.61. The van der Waals surface area contributed by atoms with E-state index < -0.39 is 0 Å². The number of hydrogen-bond donors (Lipinski definition) is 2. The molecular weight excluding hydrogens is 364 g/mol. The largest absolute Gasteiger partial charge is 0.345 e. The molecule has 0 aliphatic rings. The molecule has 0 fully saturated rings. The quantitative estimate of drug-likeness (QED) is 0.535. The molecule has 2 aromatic carbocycles. The van der Waals surface area contributed by atoms with Gasteiger partial charge in [-0.25, -0.2) is 0 Å². The van der Waals surface area contributed by atoms with Crippen LogP contribution in [0.5, 0.6) is 0 Å². The summed E-state index contributed by atoms with van der Waals surface area (Å²) >= 11 is 0. The van der Waals surface area contributed by atoms with E-state index in [9.17, 15) is 9.59 Å². The summed E-state index contributed by atoms with van der Waals surface area (Å²) < 4.78 is 1.97. The third-order valence-electron chi connectivity index (χ3n) is 4.57. The molecule has 0 spiro atoms. The number of pyridine rings is 1. The molecule has 144 valence electrons. The molecule has 2 aromatic heterocycles. The lowest BCUT2D eigenvalue weighted by molar-refractivity contribution is -0.124. The summed E-state index contributed by atoms with van der Waals surface area (Å²) in [7, 11) is 0. The van der Waals surface area contributed by atoms with Gasteiger partial charge in [0.2, 0.25) is 11.8 Å². The van der Waals surface area contributed by atoms with Gasteiger partial charge in [0.25, 0.3) is 0 Å². The van der Waals surface area contributed by atoms with Gasteiger partial charge < -0.3 is 15.2 Å². The molecule has 0 saturated heterocycles. The molecule has 2 amide bonds. The highest BCUT2D eigenvalue weighted by atomic mass is 16.2. The molecule has 6 nitrogen and oxygen atoms in total. The Morgan fingerprint density at radius 1 is 0.897 bits per heavy atom. The van der Waals surface area contributed by atoms with Crippen molar-refractivity contribution in [1.29, 1.82) is 0 Å². The number of hydrogen-bond acceptors (Lipinski definition) is 3. The van der Waals surface area contributed by atoms with Crippen molar-refractivity contribution < 1.29 is 9.59 Å². The molecule has 0 aliphatic heterocycles. The fourth-order valence-corrected chi connectivity index (χ4v) is 3.25. The Balaban J connectivity index is 1.48. The van der Waals surface area contributed by atoms with E-state index >= 15 is 0 Å². The number of rotatable bonds is 6. The van der Waals surface area contributed by atoms with Crippen LogP contribution in [0.15, 0.2) is 85.2 Å². The number of amides is 2. The van der Waals surface area contributed by atoms with Crippen molar-refractivity contribution in [2.24, 2.45) is 0 Å². The first-order chi connectivity index (χ1) is 14.2. The van der Waals surface area contributed by atoms with Crippen LogP contribution < -0.4 is 10.6 Å². The lowest BCUT2D eigenvalue weighted by Gasteiger charge is -2.12. The standard InChI is InChI=1S/C23H20N4O2/c28-22(26-19-10-6-12-24-14-19)15-25-23(29)16-27-20-11-5-4-9-18(20)13-21(27)17-7-2-1-3-8-17/h1-14H,15-16H2,(H,25,29)(H,26,28). The SMILES string of the molecule is O=C(Cn1c(-c2ccccc2)cc2ccccc21)NCC(=O)Nc1cccnc1. The van der Waals surface area contributed by atoms with Gasteiger partial charge in [-0.2, -0.15) is 0 Å². The minimum Gasteiger partial charge on any atom is -0.345 e. The summed E-state index contributed by atoms with van der Waals surface area (Å²) in [5.41, 5.74) is 3.56. The predicted molar refractivity (Wildman–Crippen MR) is 113 cm³/mol. The fourth-order valence-electron chi connectivity index (χ4n) is 3.25. The van der Waals surface area contributed by atoms with Gasteiger partial charge in [-0.15, -0.1) is 0 Å². The molecule has 0 unspecified atom stereocenters. The average molecular weight is 384 g/mol. The molecule has 2 heterocycles. The molecule has 0 bridgehead atoms. The average Bonchev–Trinajstić information content (AvgIpc) is 3.12. The first-order valence-corrected chi connectivity index (χ1v) is 9.31. The number of carbonyl (C=O) groups is 2. The van der Waals surface area contributed by atoms with Crippen LogP contribution in [0.2, 0.25) is 0 Å². The number of carbonyl (C=O) groups excluding carboxylic acids is 2.